The number of amides is 1. The van der Waals surface area contributed by atoms with Gasteiger partial charge in [-0.25, -0.2) is 22.4 Å². The van der Waals surface area contributed by atoms with Crippen LogP contribution in [-0.2, 0) is 9.53 Å². The average molecular weight is 471 g/mol. The molecule has 1 aliphatic rings. The average Bonchev–Trinajstić information content (AvgIpc) is 3.10. The van der Waals surface area contributed by atoms with E-state index in [0.717, 1.165) is 24.3 Å². The molecule has 3 N–H and O–H groups in total. The van der Waals surface area contributed by atoms with E-state index in [-0.39, 0.29) is 24.0 Å². The van der Waals surface area contributed by atoms with Crippen LogP contribution in [-0.4, -0.2) is 49.6 Å². The Balaban J connectivity index is 0.000000696. The first-order chi connectivity index (χ1) is 15.6. The number of nitrogens with one attached hydrogen (secondary N) is 2. The Morgan fingerprint density at radius 1 is 1.15 bits per heavy atom. The van der Waals surface area contributed by atoms with Crippen LogP contribution >= 0.6 is 0 Å². The maximum absolute atomic E-state index is 14.5. The van der Waals surface area contributed by atoms with Gasteiger partial charge in [-0.15, -0.1) is 0 Å². The van der Waals surface area contributed by atoms with Crippen molar-refractivity contribution >= 4 is 29.4 Å². The van der Waals surface area contributed by atoms with E-state index >= 15 is 0 Å². The first-order valence-corrected chi connectivity index (χ1v) is 9.55. The standard InChI is InChI=1S/C19H19F2N3O4.C2H2F2O/c1-10(22-2)17-9-24(19(27)28-17)12-7-13(20)18(14(21)8-12)23-11-3-5-15(25)16(26)6-4-11;3-2(4)1-5/h3-8,10,17,22-23H,9H2,1-2H3,(H,25,26);1-2H. The summed E-state index contributed by atoms with van der Waals surface area (Å²) in [6, 6.07) is 6.73. The largest absolute Gasteiger partial charge is 0.504 e. The van der Waals surface area contributed by atoms with Crippen molar-refractivity contribution in [1.82, 2.24) is 5.32 Å². The van der Waals surface area contributed by atoms with E-state index in [0.29, 0.717) is 0 Å². The molecular weight excluding hydrogens is 450 g/mol. The number of alkyl halides is 2. The van der Waals surface area contributed by atoms with E-state index in [1.807, 2.05) is 6.92 Å². The lowest BCUT2D eigenvalue weighted by atomic mass is 10.1. The van der Waals surface area contributed by atoms with E-state index < -0.39 is 53.4 Å². The molecule has 2 aromatic carbocycles. The van der Waals surface area contributed by atoms with Crippen LogP contribution in [0.15, 0.2) is 41.2 Å². The number of nitrogens with zero attached hydrogens (tertiary/aromatic N) is 1. The summed E-state index contributed by atoms with van der Waals surface area (Å²) in [5.41, 5.74) is -0.835. The quantitative estimate of drug-likeness (QED) is 0.439. The number of likely N-dealkylation sites (N-methyl/N-ethyl adjacent to an activating group) is 1. The summed E-state index contributed by atoms with van der Waals surface area (Å²) in [4.78, 5) is 33.4. The number of carbonyl (C=O) groups excluding carboxylic acids is 2. The third-order valence-corrected chi connectivity index (χ3v) is 4.65. The van der Waals surface area contributed by atoms with E-state index in [1.165, 1.54) is 17.0 Å². The topological polar surface area (TPSA) is 108 Å². The highest BCUT2D eigenvalue weighted by molar-refractivity contribution is 5.90. The lowest BCUT2D eigenvalue weighted by Gasteiger charge is -2.17. The number of ether oxygens (including phenoxy) is 1. The van der Waals surface area contributed by atoms with Crippen molar-refractivity contribution in [2.45, 2.75) is 25.5 Å². The summed E-state index contributed by atoms with van der Waals surface area (Å²) in [6.45, 7) is 1.99. The van der Waals surface area contributed by atoms with Crippen molar-refractivity contribution < 1.29 is 37.0 Å². The second kappa shape index (κ2) is 11.3. The van der Waals surface area contributed by atoms with Crippen LogP contribution in [0.25, 0.3) is 0 Å². The Labute approximate surface area is 185 Å². The van der Waals surface area contributed by atoms with Gasteiger partial charge < -0.3 is 20.5 Å². The van der Waals surface area contributed by atoms with Crippen LogP contribution in [0.4, 0.5) is 39.4 Å². The summed E-state index contributed by atoms with van der Waals surface area (Å²) in [6.07, 6.45) is -4.34. The minimum atomic E-state index is -2.80. The van der Waals surface area contributed by atoms with Crippen LogP contribution in [0.3, 0.4) is 0 Å². The smallest absolute Gasteiger partial charge is 0.414 e. The Hall–Kier alpha value is -3.67. The predicted octanol–water partition coefficient (Wildman–Crippen LogP) is 3.16. The number of hydrogen-bond donors (Lipinski definition) is 3. The molecule has 0 saturated carbocycles. The van der Waals surface area contributed by atoms with Gasteiger partial charge in [-0.2, -0.15) is 0 Å². The van der Waals surface area contributed by atoms with Crippen molar-refractivity contribution in [3.05, 3.63) is 58.3 Å². The zero-order valence-corrected chi connectivity index (χ0v) is 17.5. The molecule has 2 atom stereocenters. The van der Waals surface area contributed by atoms with Crippen molar-refractivity contribution in [1.29, 1.82) is 0 Å². The molecule has 1 saturated heterocycles. The van der Waals surface area contributed by atoms with Crippen LogP contribution < -0.4 is 21.0 Å². The Morgan fingerprint density at radius 2 is 1.73 bits per heavy atom. The van der Waals surface area contributed by atoms with Gasteiger partial charge in [0.2, 0.25) is 5.43 Å². The van der Waals surface area contributed by atoms with Gasteiger partial charge in [-0.3, -0.25) is 14.5 Å². The molecule has 0 radical (unpaired) electrons. The highest BCUT2D eigenvalue weighted by Crippen LogP contribution is 2.31. The third-order valence-electron chi connectivity index (χ3n) is 4.65. The number of cyclic esters (lactones) is 1. The minimum Gasteiger partial charge on any atom is -0.504 e. The van der Waals surface area contributed by atoms with Crippen LogP contribution in [0.5, 0.6) is 5.75 Å². The second-order valence-electron chi connectivity index (χ2n) is 6.86. The number of aldehydes is 1. The first-order valence-electron chi connectivity index (χ1n) is 9.55. The maximum Gasteiger partial charge on any atom is 0.414 e. The van der Waals surface area contributed by atoms with Gasteiger partial charge >= 0.3 is 6.09 Å². The van der Waals surface area contributed by atoms with Gasteiger partial charge in [0.25, 0.3) is 6.43 Å². The summed E-state index contributed by atoms with van der Waals surface area (Å²) in [7, 11) is 1.72. The second-order valence-corrected chi connectivity index (χ2v) is 6.86. The summed E-state index contributed by atoms with van der Waals surface area (Å²) in [5, 5.41) is 14.9. The van der Waals surface area contributed by atoms with Gasteiger partial charge in [0.05, 0.1) is 12.2 Å². The normalized spacial score (nSPS) is 16.0. The number of anilines is 3. The predicted molar refractivity (Wildman–Crippen MR) is 112 cm³/mol. The summed E-state index contributed by atoms with van der Waals surface area (Å²) >= 11 is 0. The molecule has 8 nitrogen and oxygen atoms in total. The number of hydrogen-bond acceptors (Lipinski definition) is 7. The van der Waals surface area contributed by atoms with Gasteiger partial charge in [-0.05, 0) is 38.2 Å². The molecule has 33 heavy (non-hydrogen) atoms. The Kier molecular flexibility index (Phi) is 8.74. The number of halogens is 4. The Morgan fingerprint density at radius 3 is 2.27 bits per heavy atom. The molecule has 1 heterocycles. The van der Waals surface area contributed by atoms with E-state index in [9.17, 15) is 32.3 Å². The van der Waals surface area contributed by atoms with Crippen molar-refractivity contribution in [3.8, 4) is 5.75 Å². The molecule has 2 aromatic rings. The van der Waals surface area contributed by atoms with Crippen LogP contribution in [0.2, 0.25) is 0 Å². The number of aromatic hydroxyl groups is 1. The molecule has 1 fully saturated rings. The van der Waals surface area contributed by atoms with Gasteiger partial charge in [0.1, 0.15) is 11.8 Å². The minimum absolute atomic E-state index is 0.0365. The monoisotopic (exact) mass is 471 g/mol. The van der Waals surface area contributed by atoms with Gasteiger partial charge in [0.15, 0.2) is 23.7 Å². The van der Waals surface area contributed by atoms with Crippen molar-refractivity contribution in [2.24, 2.45) is 0 Å². The molecule has 2 unspecified atom stereocenters. The molecule has 0 aromatic heterocycles. The highest BCUT2D eigenvalue weighted by Gasteiger charge is 2.35. The SMILES string of the molecule is CNC(C)C1CN(c2cc(F)c(Nc3ccc(O)c(=O)cc3)c(F)c2)C(=O)O1.O=CC(F)F. The summed E-state index contributed by atoms with van der Waals surface area (Å²) in [5.74, 6) is -2.33. The molecule has 12 heteroatoms. The van der Waals surface area contributed by atoms with E-state index in [2.05, 4.69) is 10.6 Å². The van der Waals surface area contributed by atoms with Crippen LogP contribution in [0.1, 0.15) is 6.92 Å². The molecule has 0 spiro atoms. The molecule has 0 bridgehead atoms. The first kappa shape index (κ1) is 25.6. The van der Waals surface area contributed by atoms with Crippen molar-refractivity contribution in [2.75, 3.05) is 23.8 Å². The highest BCUT2D eigenvalue weighted by atomic mass is 19.3. The fraction of sp³-hybridized carbons (Fsp3) is 0.286. The molecule has 0 aliphatic carbocycles. The number of benzene rings is 1. The molecule has 3 rings (SSSR count). The fourth-order valence-electron chi connectivity index (χ4n) is 2.76. The number of rotatable bonds is 6. The van der Waals surface area contributed by atoms with Crippen LogP contribution in [0, 0.1) is 11.6 Å². The summed E-state index contributed by atoms with van der Waals surface area (Å²) < 4.78 is 55.1. The Bertz CT molecular complexity index is 1050. The zero-order chi connectivity index (χ0) is 24.7. The maximum atomic E-state index is 14.5. The number of carbonyl (C=O) groups is 2. The lowest BCUT2D eigenvalue weighted by molar-refractivity contribution is -0.116. The molecule has 1 aliphatic heterocycles. The molecular formula is C21H21F4N3O5. The van der Waals surface area contributed by atoms with Gasteiger partial charge in [0, 0.05) is 23.9 Å². The van der Waals surface area contributed by atoms with Crippen molar-refractivity contribution in [3.63, 3.8) is 0 Å². The molecule has 1 amide bonds. The van der Waals surface area contributed by atoms with E-state index in [4.69, 9.17) is 9.53 Å². The van der Waals surface area contributed by atoms with Gasteiger partial charge in [-0.1, -0.05) is 0 Å². The third kappa shape index (κ3) is 6.65. The lowest BCUT2D eigenvalue weighted by Crippen LogP contribution is -2.37. The molecule has 178 valence electrons. The van der Waals surface area contributed by atoms with E-state index in [1.54, 1.807) is 7.05 Å². The zero-order valence-electron chi connectivity index (χ0n) is 17.5. The fourth-order valence-corrected chi connectivity index (χ4v) is 2.76.